The van der Waals surface area contributed by atoms with Crippen LogP contribution in [0.2, 0.25) is 0 Å². The summed E-state index contributed by atoms with van der Waals surface area (Å²) in [7, 11) is 3.52. The summed E-state index contributed by atoms with van der Waals surface area (Å²) in [4.78, 5) is 20.6. The number of amides is 1. The van der Waals surface area contributed by atoms with Gasteiger partial charge in [0.05, 0.1) is 13.1 Å². The van der Waals surface area contributed by atoms with E-state index in [1.165, 1.54) is 19.4 Å². The van der Waals surface area contributed by atoms with Crippen LogP contribution < -0.4 is 10.6 Å². The SMILES string of the molecule is CCN1CCCC1CNC(=NCc1ccccc1)NCC(=O)N(C)C.I. The van der Waals surface area contributed by atoms with Crippen molar-refractivity contribution >= 4 is 35.8 Å². The van der Waals surface area contributed by atoms with Gasteiger partial charge in [-0.05, 0) is 31.5 Å². The van der Waals surface area contributed by atoms with Crippen LogP contribution in [-0.2, 0) is 11.3 Å². The lowest BCUT2D eigenvalue weighted by atomic mass is 10.2. The Morgan fingerprint density at radius 1 is 1.27 bits per heavy atom. The molecule has 0 bridgehead atoms. The van der Waals surface area contributed by atoms with E-state index in [1.54, 1.807) is 19.0 Å². The number of nitrogens with zero attached hydrogens (tertiary/aromatic N) is 3. The van der Waals surface area contributed by atoms with Gasteiger partial charge in [-0.3, -0.25) is 9.69 Å². The lowest BCUT2D eigenvalue weighted by molar-refractivity contribution is -0.127. The van der Waals surface area contributed by atoms with Gasteiger partial charge in [-0.15, -0.1) is 24.0 Å². The van der Waals surface area contributed by atoms with Gasteiger partial charge in [0.1, 0.15) is 0 Å². The molecule has 1 aromatic carbocycles. The van der Waals surface area contributed by atoms with Crippen LogP contribution >= 0.6 is 24.0 Å². The molecule has 1 fully saturated rings. The Labute approximate surface area is 174 Å². The molecule has 0 saturated carbocycles. The first-order chi connectivity index (χ1) is 12.1. The molecule has 1 aromatic rings. The van der Waals surface area contributed by atoms with Crippen LogP contribution in [0.1, 0.15) is 25.3 Å². The fraction of sp³-hybridized carbons (Fsp3) is 0.579. The van der Waals surface area contributed by atoms with Crippen molar-refractivity contribution in [2.75, 3.05) is 40.3 Å². The van der Waals surface area contributed by atoms with Crippen LogP contribution in [-0.4, -0.2) is 68.0 Å². The second-order valence-electron chi connectivity index (χ2n) is 6.60. The molecule has 7 heteroatoms. The van der Waals surface area contributed by atoms with Crippen molar-refractivity contribution in [1.29, 1.82) is 0 Å². The van der Waals surface area contributed by atoms with E-state index in [2.05, 4.69) is 39.6 Å². The second kappa shape index (κ2) is 12.1. The van der Waals surface area contributed by atoms with Gasteiger partial charge >= 0.3 is 0 Å². The number of halogens is 1. The van der Waals surface area contributed by atoms with Crippen LogP contribution in [0, 0.1) is 0 Å². The Balaban J connectivity index is 0.00000338. The van der Waals surface area contributed by atoms with Crippen molar-refractivity contribution in [2.24, 2.45) is 4.99 Å². The van der Waals surface area contributed by atoms with Crippen LogP contribution in [0.3, 0.4) is 0 Å². The minimum atomic E-state index is 0. The summed E-state index contributed by atoms with van der Waals surface area (Å²) in [5.41, 5.74) is 1.15. The van der Waals surface area contributed by atoms with Crippen molar-refractivity contribution < 1.29 is 4.79 Å². The highest BCUT2D eigenvalue weighted by Gasteiger charge is 2.22. The van der Waals surface area contributed by atoms with E-state index in [4.69, 9.17) is 0 Å². The van der Waals surface area contributed by atoms with Crippen LogP contribution in [0.15, 0.2) is 35.3 Å². The van der Waals surface area contributed by atoms with Crippen LogP contribution in [0.4, 0.5) is 0 Å². The average molecular weight is 473 g/mol. The Bertz CT molecular complexity index is 564. The summed E-state index contributed by atoms with van der Waals surface area (Å²) in [6.45, 7) is 6.15. The first-order valence-corrected chi connectivity index (χ1v) is 9.10. The van der Waals surface area contributed by atoms with Crippen molar-refractivity contribution in [2.45, 2.75) is 32.4 Å². The summed E-state index contributed by atoms with van der Waals surface area (Å²) >= 11 is 0. The van der Waals surface area contributed by atoms with Gasteiger partial charge in [0.2, 0.25) is 5.91 Å². The zero-order chi connectivity index (χ0) is 18.1. The molecule has 6 nitrogen and oxygen atoms in total. The number of hydrogen-bond acceptors (Lipinski definition) is 3. The number of guanidine groups is 1. The van der Waals surface area contributed by atoms with Crippen LogP contribution in [0.25, 0.3) is 0 Å². The number of aliphatic imine (C=N–C) groups is 1. The summed E-state index contributed by atoms with van der Waals surface area (Å²) in [5, 5.41) is 6.57. The van der Waals surface area contributed by atoms with Gasteiger partial charge in [0.15, 0.2) is 5.96 Å². The number of carbonyl (C=O) groups excluding carboxylic acids is 1. The van der Waals surface area contributed by atoms with Gasteiger partial charge in [0.25, 0.3) is 0 Å². The van der Waals surface area contributed by atoms with Gasteiger partial charge < -0.3 is 15.5 Å². The molecule has 1 aliphatic heterocycles. The highest BCUT2D eigenvalue weighted by molar-refractivity contribution is 14.0. The molecule has 0 aliphatic carbocycles. The van der Waals surface area contributed by atoms with Gasteiger partial charge in [0, 0.05) is 26.7 Å². The minimum absolute atomic E-state index is 0. The highest BCUT2D eigenvalue weighted by Crippen LogP contribution is 2.15. The molecule has 1 unspecified atom stereocenters. The normalized spacial score (nSPS) is 17.5. The maximum Gasteiger partial charge on any atom is 0.241 e. The number of nitrogens with one attached hydrogen (secondary N) is 2. The Morgan fingerprint density at radius 3 is 2.65 bits per heavy atom. The highest BCUT2D eigenvalue weighted by atomic mass is 127. The largest absolute Gasteiger partial charge is 0.355 e. The third kappa shape index (κ3) is 7.49. The third-order valence-electron chi connectivity index (χ3n) is 4.58. The summed E-state index contributed by atoms with van der Waals surface area (Å²) in [5.74, 6) is 0.729. The second-order valence-corrected chi connectivity index (χ2v) is 6.60. The first-order valence-electron chi connectivity index (χ1n) is 9.10. The molecule has 0 radical (unpaired) electrons. The van der Waals surface area contributed by atoms with Crippen molar-refractivity contribution in [3.63, 3.8) is 0 Å². The third-order valence-corrected chi connectivity index (χ3v) is 4.58. The standard InChI is InChI=1S/C19H31N5O.HI/c1-4-24-12-8-11-17(24)14-21-19(22-15-18(25)23(2)3)20-13-16-9-6-5-7-10-16;/h5-7,9-10,17H,4,8,11-15H2,1-3H3,(H2,20,21,22);1H. The van der Waals surface area contributed by atoms with E-state index in [0.29, 0.717) is 18.5 Å². The Kier molecular flexibility index (Phi) is 10.6. The van der Waals surface area contributed by atoms with E-state index in [0.717, 1.165) is 18.7 Å². The first kappa shape index (κ1) is 22.7. The number of carbonyl (C=O) groups is 1. The predicted molar refractivity (Wildman–Crippen MR) is 118 cm³/mol. The average Bonchev–Trinajstić information content (AvgIpc) is 3.09. The molecule has 0 spiro atoms. The van der Waals surface area contributed by atoms with E-state index in [9.17, 15) is 4.79 Å². The summed E-state index contributed by atoms with van der Waals surface area (Å²) < 4.78 is 0. The fourth-order valence-corrected chi connectivity index (χ4v) is 3.00. The molecule has 1 aliphatic rings. The van der Waals surface area contributed by atoms with Crippen molar-refractivity contribution in [3.8, 4) is 0 Å². The maximum atomic E-state index is 11.9. The molecule has 1 heterocycles. The molecule has 2 rings (SSSR count). The Hall–Kier alpha value is -1.35. The van der Waals surface area contributed by atoms with Gasteiger partial charge in [-0.25, -0.2) is 4.99 Å². The summed E-state index contributed by atoms with van der Waals surface area (Å²) in [6, 6.07) is 10.7. The minimum Gasteiger partial charge on any atom is -0.355 e. The molecular formula is C19H32IN5O. The molecule has 1 amide bonds. The quantitative estimate of drug-likeness (QED) is 0.361. The smallest absolute Gasteiger partial charge is 0.241 e. The van der Waals surface area contributed by atoms with Crippen molar-refractivity contribution in [1.82, 2.24) is 20.4 Å². The zero-order valence-electron chi connectivity index (χ0n) is 16.1. The van der Waals surface area contributed by atoms with Crippen LogP contribution in [0.5, 0.6) is 0 Å². The maximum absolute atomic E-state index is 11.9. The number of likely N-dealkylation sites (N-methyl/N-ethyl adjacent to an activating group) is 2. The predicted octanol–water partition coefficient (Wildman–Crippen LogP) is 1.91. The fourth-order valence-electron chi connectivity index (χ4n) is 3.00. The Morgan fingerprint density at radius 2 is 2.00 bits per heavy atom. The zero-order valence-corrected chi connectivity index (χ0v) is 18.4. The van der Waals surface area contributed by atoms with Crippen molar-refractivity contribution in [3.05, 3.63) is 35.9 Å². The van der Waals surface area contributed by atoms with Gasteiger partial charge in [-0.1, -0.05) is 37.3 Å². The lowest BCUT2D eigenvalue weighted by Gasteiger charge is -2.24. The van der Waals surface area contributed by atoms with E-state index in [-0.39, 0.29) is 36.4 Å². The summed E-state index contributed by atoms with van der Waals surface area (Å²) in [6.07, 6.45) is 2.46. The van der Waals surface area contributed by atoms with E-state index in [1.807, 2.05) is 18.2 Å². The number of benzene rings is 1. The molecule has 1 atom stereocenters. The molecule has 0 aromatic heterocycles. The molecule has 1 saturated heterocycles. The molecule has 26 heavy (non-hydrogen) atoms. The van der Waals surface area contributed by atoms with Gasteiger partial charge in [-0.2, -0.15) is 0 Å². The van der Waals surface area contributed by atoms with E-state index >= 15 is 0 Å². The molecule has 2 N–H and O–H groups in total. The number of likely N-dealkylation sites (tertiary alicyclic amines) is 1. The molecular weight excluding hydrogens is 441 g/mol. The lowest BCUT2D eigenvalue weighted by Crippen LogP contribution is -2.47. The number of hydrogen-bond donors (Lipinski definition) is 2. The van der Waals surface area contributed by atoms with E-state index < -0.39 is 0 Å². The monoisotopic (exact) mass is 473 g/mol. The topological polar surface area (TPSA) is 60.0 Å². The number of rotatable bonds is 7. The molecule has 146 valence electrons.